The number of nitrogens with zero attached hydrogens (tertiary/aromatic N) is 4. The van der Waals surface area contributed by atoms with Gasteiger partial charge < -0.3 is 9.88 Å². The molecule has 0 radical (unpaired) electrons. The highest BCUT2D eigenvalue weighted by molar-refractivity contribution is 9.10. The summed E-state index contributed by atoms with van der Waals surface area (Å²) in [7, 11) is 0. The summed E-state index contributed by atoms with van der Waals surface area (Å²) in [4.78, 5) is 14.1. The number of aromatic nitrogens is 3. The number of halogens is 1. The molecule has 9 heteroatoms. The van der Waals surface area contributed by atoms with Gasteiger partial charge in [-0.15, -0.1) is 21.5 Å². The number of nitriles is 1. The minimum atomic E-state index is -0.136. The Morgan fingerprint density at radius 1 is 1.32 bits per heavy atom. The van der Waals surface area contributed by atoms with Crippen LogP contribution in [0.3, 0.4) is 0 Å². The van der Waals surface area contributed by atoms with Crippen molar-refractivity contribution in [3.8, 4) is 17.5 Å². The molecule has 1 amide bonds. The number of hydrogen-bond acceptors (Lipinski definition) is 6. The number of thiophene rings is 1. The highest BCUT2D eigenvalue weighted by Gasteiger charge is 2.32. The van der Waals surface area contributed by atoms with Crippen molar-refractivity contribution in [1.29, 1.82) is 5.26 Å². The van der Waals surface area contributed by atoms with Gasteiger partial charge in [0.2, 0.25) is 5.91 Å². The molecule has 1 aromatic carbocycles. The van der Waals surface area contributed by atoms with E-state index in [9.17, 15) is 10.1 Å². The molecule has 2 heterocycles. The van der Waals surface area contributed by atoms with Gasteiger partial charge in [-0.1, -0.05) is 60.6 Å². The Kier molecular flexibility index (Phi) is 7.51. The summed E-state index contributed by atoms with van der Waals surface area (Å²) in [6.45, 7) is 9.57. The zero-order chi connectivity index (χ0) is 24.5. The predicted octanol–water partition coefficient (Wildman–Crippen LogP) is 6.54. The summed E-state index contributed by atoms with van der Waals surface area (Å²) in [5.74, 6) is 1.44. The summed E-state index contributed by atoms with van der Waals surface area (Å²) < 4.78 is 3.02. The van der Waals surface area contributed by atoms with Crippen LogP contribution in [0, 0.1) is 22.7 Å². The number of anilines is 1. The SMILES string of the molecule is CCn1c(SCC(=O)Nc2sc3c(c2C#N)CC[C@@H](C(C)(C)C)C3)nnc1-c1ccc(Br)cc1. The third-order valence-corrected chi connectivity index (χ3v) is 8.99. The lowest BCUT2D eigenvalue weighted by atomic mass is 9.72. The van der Waals surface area contributed by atoms with Crippen LogP contribution in [-0.2, 0) is 24.2 Å². The molecule has 0 unspecified atom stereocenters. The van der Waals surface area contributed by atoms with Gasteiger partial charge in [-0.25, -0.2) is 0 Å². The molecule has 3 aromatic rings. The molecule has 0 aliphatic heterocycles. The molecule has 1 aliphatic rings. The maximum Gasteiger partial charge on any atom is 0.235 e. The first-order valence-electron chi connectivity index (χ1n) is 11.4. The number of amides is 1. The second-order valence-electron chi connectivity index (χ2n) is 9.52. The Hall–Kier alpha value is -2.15. The van der Waals surface area contributed by atoms with Crippen LogP contribution in [0.15, 0.2) is 33.9 Å². The van der Waals surface area contributed by atoms with Gasteiger partial charge in [-0.3, -0.25) is 4.79 Å². The average Bonchev–Trinajstić information content (AvgIpc) is 3.37. The standard InChI is InChI=1S/C25H28BrN5OS2/c1-5-31-22(15-6-9-17(26)10-7-15)29-30-24(31)33-14-21(32)28-23-19(13-27)18-11-8-16(25(2,3)4)12-20(18)34-23/h6-7,9-10,16H,5,8,11-12,14H2,1-4H3,(H,28,32)/t16-/m1/s1. The summed E-state index contributed by atoms with van der Waals surface area (Å²) in [5, 5.41) is 22.8. The molecule has 0 bridgehead atoms. The number of thioether (sulfide) groups is 1. The van der Waals surface area contributed by atoms with Crippen molar-refractivity contribution >= 4 is 49.9 Å². The summed E-state index contributed by atoms with van der Waals surface area (Å²) in [5.41, 5.74) is 2.98. The van der Waals surface area contributed by atoms with Gasteiger partial charge in [0.05, 0.1) is 11.3 Å². The Morgan fingerprint density at radius 3 is 2.71 bits per heavy atom. The number of carbonyl (C=O) groups excluding carboxylic acids is 1. The molecule has 4 rings (SSSR count). The number of fused-ring (bicyclic) bond motifs is 1. The Morgan fingerprint density at radius 2 is 2.06 bits per heavy atom. The van der Waals surface area contributed by atoms with E-state index in [1.807, 2.05) is 35.8 Å². The molecule has 34 heavy (non-hydrogen) atoms. The highest BCUT2D eigenvalue weighted by Crippen LogP contribution is 2.44. The Bertz CT molecular complexity index is 1230. The molecular weight excluding hydrogens is 530 g/mol. The second kappa shape index (κ2) is 10.2. The molecular formula is C25H28BrN5OS2. The number of rotatable bonds is 6. The van der Waals surface area contributed by atoms with Gasteiger partial charge >= 0.3 is 0 Å². The Labute approximate surface area is 217 Å². The zero-order valence-corrected chi connectivity index (χ0v) is 23.0. The molecule has 1 N–H and O–H groups in total. The van der Waals surface area contributed by atoms with Crippen molar-refractivity contribution in [3.63, 3.8) is 0 Å². The Balaban J connectivity index is 1.45. The van der Waals surface area contributed by atoms with E-state index in [0.717, 1.165) is 40.7 Å². The lowest BCUT2D eigenvalue weighted by Gasteiger charge is -2.33. The van der Waals surface area contributed by atoms with Gasteiger partial charge in [0, 0.05) is 21.5 Å². The van der Waals surface area contributed by atoms with Gasteiger partial charge in [0.15, 0.2) is 11.0 Å². The van der Waals surface area contributed by atoms with E-state index in [4.69, 9.17) is 0 Å². The zero-order valence-electron chi connectivity index (χ0n) is 19.8. The molecule has 1 atom stereocenters. The third kappa shape index (κ3) is 5.24. The molecule has 178 valence electrons. The first-order chi connectivity index (χ1) is 16.2. The van der Waals surface area contributed by atoms with Gasteiger partial charge in [0.25, 0.3) is 0 Å². The smallest absolute Gasteiger partial charge is 0.235 e. The van der Waals surface area contributed by atoms with E-state index in [2.05, 4.69) is 58.3 Å². The molecule has 0 fully saturated rings. The largest absolute Gasteiger partial charge is 0.316 e. The van der Waals surface area contributed by atoms with Crippen LogP contribution in [-0.4, -0.2) is 26.4 Å². The lowest BCUT2D eigenvalue weighted by Crippen LogP contribution is -2.26. The van der Waals surface area contributed by atoms with E-state index in [1.54, 1.807) is 11.3 Å². The number of hydrogen-bond donors (Lipinski definition) is 1. The topological polar surface area (TPSA) is 83.6 Å². The van der Waals surface area contributed by atoms with Crippen LogP contribution < -0.4 is 5.32 Å². The quantitative estimate of drug-likeness (QED) is 0.347. The third-order valence-electron chi connectivity index (χ3n) is 6.32. The normalized spacial score (nSPS) is 15.6. The molecule has 6 nitrogen and oxygen atoms in total. The first-order valence-corrected chi connectivity index (χ1v) is 14.0. The fourth-order valence-corrected chi connectivity index (χ4v) is 6.68. The fraction of sp³-hybridized carbons (Fsp3) is 0.440. The van der Waals surface area contributed by atoms with Gasteiger partial charge in [-0.05, 0) is 55.2 Å². The van der Waals surface area contributed by atoms with Crippen molar-refractivity contribution in [1.82, 2.24) is 14.8 Å². The van der Waals surface area contributed by atoms with Gasteiger partial charge in [0.1, 0.15) is 11.1 Å². The maximum atomic E-state index is 12.8. The molecule has 0 spiro atoms. The van der Waals surface area contributed by atoms with Crippen molar-refractivity contribution in [2.45, 2.75) is 58.7 Å². The molecule has 1 aliphatic carbocycles. The van der Waals surface area contributed by atoms with Crippen molar-refractivity contribution < 1.29 is 4.79 Å². The molecule has 0 saturated carbocycles. The molecule has 2 aromatic heterocycles. The van der Waals surface area contributed by atoms with E-state index in [0.29, 0.717) is 28.2 Å². The lowest BCUT2D eigenvalue weighted by molar-refractivity contribution is -0.113. The monoisotopic (exact) mass is 557 g/mol. The first kappa shape index (κ1) is 25.0. The highest BCUT2D eigenvalue weighted by atomic mass is 79.9. The minimum absolute atomic E-state index is 0.136. The summed E-state index contributed by atoms with van der Waals surface area (Å²) in [6, 6.07) is 10.3. The number of benzene rings is 1. The van der Waals surface area contributed by atoms with Gasteiger partial charge in [-0.2, -0.15) is 5.26 Å². The summed E-state index contributed by atoms with van der Waals surface area (Å²) >= 11 is 6.38. The van der Waals surface area contributed by atoms with E-state index in [1.165, 1.54) is 16.6 Å². The van der Waals surface area contributed by atoms with Crippen LogP contribution in [0.1, 0.15) is 50.1 Å². The van der Waals surface area contributed by atoms with Crippen molar-refractivity contribution in [2.75, 3.05) is 11.1 Å². The van der Waals surface area contributed by atoms with Crippen LogP contribution in [0.2, 0.25) is 0 Å². The van der Waals surface area contributed by atoms with Crippen molar-refractivity contribution in [2.24, 2.45) is 11.3 Å². The maximum absolute atomic E-state index is 12.8. The van der Waals surface area contributed by atoms with E-state index >= 15 is 0 Å². The predicted molar refractivity (Wildman–Crippen MR) is 142 cm³/mol. The summed E-state index contributed by atoms with van der Waals surface area (Å²) in [6.07, 6.45) is 2.96. The average molecular weight is 559 g/mol. The van der Waals surface area contributed by atoms with E-state index < -0.39 is 0 Å². The minimum Gasteiger partial charge on any atom is -0.316 e. The van der Waals surface area contributed by atoms with E-state index in [-0.39, 0.29) is 17.1 Å². The van der Waals surface area contributed by atoms with Crippen molar-refractivity contribution in [3.05, 3.63) is 44.7 Å². The molecule has 0 saturated heterocycles. The second-order valence-corrected chi connectivity index (χ2v) is 12.5. The number of nitrogens with one attached hydrogen (secondary N) is 1. The fourth-order valence-electron chi connectivity index (χ4n) is 4.32. The van der Waals surface area contributed by atoms with Crippen LogP contribution >= 0.6 is 39.0 Å². The van der Waals surface area contributed by atoms with Crippen LogP contribution in [0.25, 0.3) is 11.4 Å². The number of carbonyl (C=O) groups is 1. The van der Waals surface area contributed by atoms with Crippen LogP contribution in [0.5, 0.6) is 0 Å². The van der Waals surface area contributed by atoms with Crippen LogP contribution in [0.4, 0.5) is 5.00 Å².